The molecule has 0 aliphatic rings. The van der Waals surface area contributed by atoms with Crippen molar-refractivity contribution < 1.29 is 10.0 Å². The quantitative estimate of drug-likeness (QED) is 0.383. The van der Waals surface area contributed by atoms with E-state index >= 15 is 0 Å². The highest BCUT2D eigenvalue weighted by atomic mass is 32.1. The highest BCUT2D eigenvalue weighted by Crippen LogP contribution is 2.23. The van der Waals surface area contributed by atoms with Crippen LogP contribution in [-0.4, -0.2) is 10.0 Å². The van der Waals surface area contributed by atoms with Gasteiger partial charge in [0.05, 0.1) is 11.0 Å². The molecule has 1 aromatic carbocycles. The van der Waals surface area contributed by atoms with E-state index in [-0.39, 0.29) is 11.4 Å². The summed E-state index contributed by atoms with van der Waals surface area (Å²) in [6.45, 7) is 0. The van der Waals surface area contributed by atoms with Crippen LogP contribution in [0.15, 0.2) is 23.1 Å². The summed E-state index contributed by atoms with van der Waals surface area (Å²) in [5.74, 6) is -0.149. The van der Waals surface area contributed by atoms with Crippen molar-refractivity contribution in [1.82, 2.24) is 0 Å². The molecule has 0 heterocycles. The smallest absolute Gasteiger partial charge is 0.274 e. The summed E-state index contributed by atoms with van der Waals surface area (Å²) in [7, 11) is 0. The second-order valence-electron chi connectivity index (χ2n) is 1.96. The Bertz CT molecular complexity index is 280. The maximum Gasteiger partial charge on any atom is 0.274 e. The molecule has 0 radical (unpaired) electrons. The average Bonchev–Trinajstić information content (AvgIpc) is 1.85. The molecule has 1 N–H and O–H groups in total. The molecule has 0 saturated heterocycles. The number of aromatic hydroxyl groups is 1. The third-order valence-electron chi connectivity index (χ3n) is 1.10. The molecule has 0 aliphatic heterocycles. The Balaban J connectivity index is 3.19. The van der Waals surface area contributed by atoms with Gasteiger partial charge in [-0.1, -0.05) is 0 Å². The topological polar surface area (TPSA) is 63.4 Å². The van der Waals surface area contributed by atoms with Gasteiger partial charge in [0.2, 0.25) is 0 Å². The molecule has 0 aliphatic carbocycles. The van der Waals surface area contributed by atoms with E-state index in [0.717, 1.165) is 6.07 Å². The summed E-state index contributed by atoms with van der Waals surface area (Å²) in [6.07, 6.45) is 0. The van der Waals surface area contributed by atoms with Gasteiger partial charge in [-0.3, -0.25) is 10.1 Å². The van der Waals surface area contributed by atoms with E-state index in [4.69, 9.17) is 5.11 Å². The Morgan fingerprint density at radius 1 is 1.45 bits per heavy atom. The van der Waals surface area contributed by atoms with E-state index < -0.39 is 4.92 Å². The predicted octanol–water partition coefficient (Wildman–Crippen LogP) is 1.59. The monoisotopic (exact) mass is 171 g/mol. The number of non-ortho nitro benzene ring substituents is 1. The molecule has 5 heteroatoms. The van der Waals surface area contributed by atoms with Gasteiger partial charge in [-0.2, -0.15) is 0 Å². The van der Waals surface area contributed by atoms with Gasteiger partial charge < -0.3 is 5.11 Å². The lowest BCUT2D eigenvalue weighted by Crippen LogP contribution is -1.86. The van der Waals surface area contributed by atoms with Crippen LogP contribution in [0.1, 0.15) is 0 Å². The number of phenolic OH excluding ortho intramolecular Hbond substituents is 1. The molecule has 11 heavy (non-hydrogen) atoms. The summed E-state index contributed by atoms with van der Waals surface area (Å²) in [5, 5.41) is 19.1. The Morgan fingerprint density at radius 3 is 2.55 bits per heavy atom. The number of rotatable bonds is 1. The third kappa shape index (κ3) is 1.84. The summed E-state index contributed by atoms with van der Waals surface area (Å²) in [6, 6.07) is 3.67. The molecule has 1 rings (SSSR count). The first-order valence-electron chi connectivity index (χ1n) is 2.77. The molecule has 0 spiro atoms. The van der Waals surface area contributed by atoms with Crippen molar-refractivity contribution in [1.29, 1.82) is 0 Å². The lowest BCUT2D eigenvalue weighted by Gasteiger charge is -1.94. The standard InChI is InChI=1S/C6H5NO3S/c8-5-1-4(7(9)10)2-6(11)3-5/h1-3,8,11H. The van der Waals surface area contributed by atoms with Crippen LogP contribution in [0.4, 0.5) is 5.69 Å². The molecule has 0 saturated carbocycles. The zero-order chi connectivity index (χ0) is 8.43. The van der Waals surface area contributed by atoms with Gasteiger partial charge in [-0.05, 0) is 6.07 Å². The predicted molar refractivity (Wildman–Crippen MR) is 42.0 cm³/mol. The number of nitrogens with zero attached hydrogens (tertiary/aromatic N) is 1. The van der Waals surface area contributed by atoms with E-state index in [1.165, 1.54) is 12.1 Å². The minimum Gasteiger partial charge on any atom is -0.508 e. The molecule has 0 amide bonds. The highest BCUT2D eigenvalue weighted by molar-refractivity contribution is 7.80. The maximum atomic E-state index is 10.2. The van der Waals surface area contributed by atoms with E-state index in [1.54, 1.807) is 0 Å². The van der Waals surface area contributed by atoms with Crippen LogP contribution in [0.2, 0.25) is 0 Å². The van der Waals surface area contributed by atoms with Crippen molar-refractivity contribution in [3.05, 3.63) is 28.3 Å². The van der Waals surface area contributed by atoms with Crippen LogP contribution in [0.3, 0.4) is 0 Å². The van der Waals surface area contributed by atoms with E-state index in [2.05, 4.69) is 12.6 Å². The Labute approximate surface area is 68.0 Å². The first-order valence-corrected chi connectivity index (χ1v) is 3.22. The second-order valence-corrected chi connectivity index (χ2v) is 2.48. The molecule has 0 atom stereocenters. The van der Waals surface area contributed by atoms with Crippen molar-refractivity contribution in [2.45, 2.75) is 4.90 Å². The molecular weight excluding hydrogens is 166 g/mol. The van der Waals surface area contributed by atoms with Crippen LogP contribution in [0, 0.1) is 10.1 Å². The van der Waals surface area contributed by atoms with Crippen molar-refractivity contribution in [2.24, 2.45) is 0 Å². The number of phenols is 1. The van der Waals surface area contributed by atoms with Gasteiger partial charge >= 0.3 is 0 Å². The lowest BCUT2D eigenvalue weighted by atomic mass is 10.3. The van der Waals surface area contributed by atoms with Gasteiger partial charge in [-0.15, -0.1) is 12.6 Å². The molecule has 4 nitrogen and oxygen atoms in total. The molecule has 0 fully saturated rings. The van der Waals surface area contributed by atoms with Crippen LogP contribution >= 0.6 is 12.6 Å². The zero-order valence-electron chi connectivity index (χ0n) is 5.39. The Morgan fingerprint density at radius 2 is 2.09 bits per heavy atom. The van der Waals surface area contributed by atoms with Crippen molar-refractivity contribution in [3.8, 4) is 5.75 Å². The van der Waals surface area contributed by atoms with Crippen LogP contribution < -0.4 is 0 Å². The minimum absolute atomic E-state index is 0.149. The SMILES string of the molecule is O=[N+]([O-])c1cc(O)cc(S)c1. The normalized spacial score (nSPS) is 9.55. The number of thiol groups is 1. The van der Waals surface area contributed by atoms with Crippen LogP contribution in [-0.2, 0) is 0 Å². The van der Waals surface area contributed by atoms with Gasteiger partial charge in [0.1, 0.15) is 5.75 Å². The Kier molecular flexibility index (Phi) is 2.00. The Hall–Kier alpha value is -1.23. The summed E-state index contributed by atoms with van der Waals surface area (Å²) < 4.78 is 0. The van der Waals surface area contributed by atoms with Crippen LogP contribution in [0.25, 0.3) is 0 Å². The number of hydrogen-bond donors (Lipinski definition) is 2. The third-order valence-corrected chi connectivity index (χ3v) is 1.36. The molecule has 0 bridgehead atoms. The molecule has 58 valence electrons. The largest absolute Gasteiger partial charge is 0.508 e. The number of benzene rings is 1. The fourth-order valence-electron chi connectivity index (χ4n) is 0.685. The van der Waals surface area contributed by atoms with Gasteiger partial charge in [0.25, 0.3) is 5.69 Å². The van der Waals surface area contributed by atoms with Crippen molar-refractivity contribution >= 4 is 18.3 Å². The maximum absolute atomic E-state index is 10.2. The summed E-state index contributed by atoms with van der Waals surface area (Å²) in [5.41, 5.74) is -0.157. The van der Waals surface area contributed by atoms with Gasteiger partial charge in [-0.25, -0.2) is 0 Å². The van der Waals surface area contributed by atoms with E-state index in [9.17, 15) is 10.1 Å². The second kappa shape index (κ2) is 2.79. The highest BCUT2D eigenvalue weighted by Gasteiger charge is 2.06. The van der Waals surface area contributed by atoms with Gasteiger partial charge in [0.15, 0.2) is 0 Å². The fraction of sp³-hybridized carbons (Fsp3) is 0. The molecule has 1 aromatic rings. The van der Waals surface area contributed by atoms with Gasteiger partial charge in [0, 0.05) is 11.0 Å². The number of hydrogen-bond acceptors (Lipinski definition) is 4. The lowest BCUT2D eigenvalue weighted by molar-refractivity contribution is -0.385. The summed E-state index contributed by atoms with van der Waals surface area (Å²) in [4.78, 5) is 9.95. The molecule has 0 aromatic heterocycles. The van der Waals surface area contributed by atoms with Crippen molar-refractivity contribution in [2.75, 3.05) is 0 Å². The fourth-order valence-corrected chi connectivity index (χ4v) is 0.949. The van der Waals surface area contributed by atoms with E-state index in [1.807, 2.05) is 0 Å². The molecular formula is C6H5NO3S. The van der Waals surface area contributed by atoms with E-state index in [0.29, 0.717) is 4.90 Å². The number of nitro benzene ring substituents is 1. The van der Waals surface area contributed by atoms with Crippen LogP contribution in [0.5, 0.6) is 5.75 Å². The molecule has 0 unspecified atom stereocenters. The van der Waals surface area contributed by atoms with Crippen molar-refractivity contribution in [3.63, 3.8) is 0 Å². The first kappa shape index (κ1) is 7.87. The minimum atomic E-state index is -0.584. The summed E-state index contributed by atoms with van der Waals surface area (Å²) >= 11 is 3.85. The zero-order valence-corrected chi connectivity index (χ0v) is 6.28. The first-order chi connectivity index (χ1) is 5.09. The average molecular weight is 171 g/mol. The number of nitro groups is 1.